The Hall–Kier alpha value is -2.92. The zero-order valence-electron chi connectivity index (χ0n) is 24.6. The number of nitrogens with zero attached hydrogens (tertiary/aromatic N) is 2. The second-order valence-corrected chi connectivity index (χ2v) is 13.9. The number of hydrogen-bond donors (Lipinski definition) is 5. The molecule has 2 fully saturated rings. The number of likely N-dealkylation sites (N-methyl/N-ethyl adjacent to an activating group) is 1. The molecular weight excluding hydrogens is 574 g/mol. The molecule has 0 unspecified atom stereocenters. The topological polar surface area (TPSA) is 165 Å². The lowest BCUT2D eigenvalue weighted by molar-refractivity contribution is -0.148. The van der Waals surface area contributed by atoms with Gasteiger partial charge in [0.2, 0.25) is 5.78 Å². The van der Waals surface area contributed by atoms with Crippen LogP contribution in [0.15, 0.2) is 28.7 Å². The van der Waals surface area contributed by atoms with Gasteiger partial charge in [-0.3, -0.25) is 24.2 Å². The molecule has 6 rings (SSSR count). The molecule has 5 aliphatic rings. The van der Waals surface area contributed by atoms with Crippen LogP contribution in [0, 0.1) is 23.7 Å². The summed E-state index contributed by atoms with van der Waals surface area (Å²) in [5, 5.41) is 45.7. The van der Waals surface area contributed by atoms with Crippen LogP contribution in [0.5, 0.6) is 5.75 Å². The summed E-state index contributed by atoms with van der Waals surface area (Å²) in [6.45, 7) is 2.49. The van der Waals surface area contributed by atoms with E-state index in [0.717, 1.165) is 18.7 Å². The average molecular weight is 614 g/mol. The number of aliphatic hydroxyl groups excluding tert-OH is 2. The maximum atomic E-state index is 13.9. The number of phenols is 1. The Labute approximate surface area is 255 Å². The molecule has 43 heavy (non-hydrogen) atoms. The second-order valence-electron chi connectivity index (χ2n) is 13.5. The van der Waals surface area contributed by atoms with E-state index in [0.29, 0.717) is 29.0 Å². The highest BCUT2D eigenvalue weighted by atomic mass is 35.5. The summed E-state index contributed by atoms with van der Waals surface area (Å²) in [6.07, 6.45) is 7.58. The van der Waals surface area contributed by atoms with Crippen molar-refractivity contribution in [1.82, 2.24) is 9.80 Å². The molecule has 6 N–H and O–H groups in total. The third-order valence-electron chi connectivity index (χ3n) is 10.3. The van der Waals surface area contributed by atoms with Gasteiger partial charge in [-0.2, -0.15) is 0 Å². The van der Waals surface area contributed by atoms with Gasteiger partial charge in [0.25, 0.3) is 5.91 Å². The van der Waals surface area contributed by atoms with Gasteiger partial charge in [-0.15, -0.1) is 0 Å². The number of Topliss-reactive ketones (excluding diaryl/α,β-unsaturated/α-hetero) is 2. The second kappa shape index (κ2) is 10.9. The molecule has 0 aromatic heterocycles. The van der Waals surface area contributed by atoms with Crippen LogP contribution in [0.25, 0.3) is 0 Å². The number of aliphatic hydroxyl groups is 3. The molecule has 11 heteroatoms. The zero-order valence-corrected chi connectivity index (χ0v) is 25.4. The van der Waals surface area contributed by atoms with Gasteiger partial charge in [-0.1, -0.05) is 24.4 Å². The van der Waals surface area contributed by atoms with E-state index in [9.17, 15) is 34.8 Å². The highest BCUT2D eigenvalue weighted by Gasteiger charge is 2.63. The highest BCUT2D eigenvalue weighted by molar-refractivity contribution is 6.33. The van der Waals surface area contributed by atoms with Gasteiger partial charge >= 0.3 is 0 Å². The molecule has 5 aliphatic carbocycles. The maximum Gasteiger partial charge on any atom is 0.255 e. The van der Waals surface area contributed by atoms with Crippen LogP contribution in [0.3, 0.4) is 0 Å². The van der Waals surface area contributed by atoms with E-state index in [-0.39, 0.29) is 29.7 Å². The molecule has 0 heterocycles. The summed E-state index contributed by atoms with van der Waals surface area (Å²) in [5.74, 6) is -5.37. The monoisotopic (exact) mass is 613 g/mol. The number of amides is 1. The molecule has 1 amide bonds. The number of halogens is 1. The number of phenolic OH excluding ortho intramolecular Hbond substituents is 1. The lowest BCUT2D eigenvalue weighted by atomic mass is 9.58. The number of nitrogens with two attached hydrogens (primary N) is 1. The summed E-state index contributed by atoms with van der Waals surface area (Å²) in [4.78, 5) is 43.5. The molecule has 0 aliphatic heterocycles. The van der Waals surface area contributed by atoms with Crippen molar-refractivity contribution in [1.29, 1.82) is 0 Å². The first-order valence-corrected chi connectivity index (χ1v) is 15.6. The lowest BCUT2D eigenvalue weighted by Crippen LogP contribution is -2.63. The van der Waals surface area contributed by atoms with E-state index in [1.54, 1.807) is 14.1 Å². The number of allylic oxidation sites excluding steroid dienone is 1. The summed E-state index contributed by atoms with van der Waals surface area (Å²) in [5.41, 5.74) is 2.88. The van der Waals surface area contributed by atoms with Crippen LogP contribution in [-0.2, 0) is 22.6 Å². The maximum absolute atomic E-state index is 13.9. The van der Waals surface area contributed by atoms with E-state index in [1.807, 2.05) is 0 Å². The van der Waals surface area contributed by atoms with Crippen LogP contribution in [-0.4, -0.2) is 86.5 Å². The molecule has 1 aromatic carbocycles. The molecule has 0 radical (unpaired) electrons. The summed E-state index contributed by atoms with van der Waals surface area (Å²) >= 11 is 7.01. The van der Waals surface area contributed by atoms with Crippen molar-refractivity contribution in [3.8, 4) is 5.75 Å². The lowest BCUT2D eigenvalue weighted by Gasteiger charge is -2.50. The van der Waals surface area contributed by atoms with Crippen molar-refractivity contribution in [2.75, 3.05) is 27.2 Å². The fourth-order valence-corrected chi connectivity index (χ4v) is 8.42. The summed E-state index contributed by atoms with van der Waals surface area (Å²) in [6, 6.07) is 0.485. The van der Waals surface area contributed by atoms with Gasteiger partial charge in [0.1, 0.15) is 22.8 Å². The number of rotatable bonds is 8. The van der Waals surface area contributed by atoms with E-state index < -0.39 is 58.0 Å². The van der Waals surface area contributed by atoms with Crippen LogP contribution in [0.1, 0.15) is 66.4 Å². The van der Waals surface area contributed by atoms with Crippen molar-refractivity contribution in [3.63, 3.8) is 0 Å². The molecule has 0 bridgehead atoms. The minimum atomic E-state index is -2.66. The fraction of sp³-hybridized carbons (Fsp3) is 0.594. The van der Waals surface area contributed by atoms with Gasteiger partial charge in [-0.05, 0) is 87.6 Å². The molecule has 10 nitrogen and oxygen atoms in total. The SMILES string of the molecule is CN(C)[C@@H]1C(O)=C(C(N)=O)C(=O)[C@@]2(O)C(O)=C3C(=O)c4c(O)cc(CN(CC5CCCC5)CC5CC5)c(Cl)c4C[C@H]3C[C@@H]12. The Bertz CT molecular complexity index is 1460. The number of ketones is 2. The number of carbonyl (C=O) groups excluding carboxylic acids is 3. The molecule has 0 spiro atoms. The molecule has 2 saturated carbocycles. The zero-order chi connectivity index (χ0) is 31.0. The van der Waals surface area contributed by atoms with Gasteiger partial charge in [-0.25, -0.2) is 0 Å². The Morgan fingerprint density at radius 2 is 1.70 bits per heavy atom. The predicted octanol–water partition coefficient (Wildman–Crippen LogP) is 3.18. The summed E-state index contributed by atoms with van der Waals surface area (Å²) < 4.78 is 0. The van der Waals surface area contributed by atoms with Gasteiger partial charge in [0, 0.05) is 36.1 Å². The van der Waals surface area contributed by atoms with Crippen molar-refractivity contribution < 1.29 is 34.8 Å². The minimum absolute atomic E-state index is 0.0303. The molecule has 4 atom stereocenters. The van der Waals surface area contributed by atoms with Crippen molar-refractivity contribution in [2.24, 2.45) is 29.4 Å². The normalized spacial score (nSPS) is 29.4. The Kier molecular flexibility index (Phi) is 7.64. The smallest absolute Gasteiger partial charge is 0.255 e. The Morgan fingerprint density at radius 3 is 2.28 bits per heavy atom. The van der Waals surface area contributed by atoms with Crippen molar-refractivity contribution >= 4 is 29.1 Å². The third-order valence-corrected chi connectivity index (χ3v) is 10.8. The van der Waals surface area contributed by atoms with E-state index in [1.165, 1.54) is 49.5 Å². The standard InChI is InChI=1S/C32H40ClN3O7/c1-35(2)26-20-10-17-9-19-23(27(38)22(17)29(40)32(20,43)30(41)24(28(26)39)31(34)42)21(37)11-18(25(19)33)14-36(13-16-7-8-16)12-15-5-3-4-6-15/h11,15-17,20,26,37,39-40,43H,3-10,12-14H2,1-2H3,(H2,34,42)/t17-,20-,26-,32-/m0/s1. The van der Waals surface area contributed by atoms with Crippen molar-refractivity contribution in [2.45, 2.75) is 69.6 Å². The molecule has 0 saturated heterocycles. The minimum Gasteiger partial charge on any atom is -0.510 e. The Balaban J connectivity index is 1.39. The predicted molar refractivity (Wildman–Crippen MR) is 159 cm³/mol. The molecular formula is C32H40ClN3O7. The largest absolute Gasteiger partial charge is 0.510 e. The number of primary amides is 1. The first-order chi connectivity index (χ1) is 20.3. The Morgan fingerprint density at radius 1 is 1.07 bits per heavy atom. The van der Waals surface area contributed by atoms with E-state index >= 15 is 0 Å². The van der Waals surface area contributed by atoms with Crippen molar-refractivity contribution in [3.05, 3.63) is 50.4 Å². The first kappa shape index (κ1) is 30.1. The number of carbonyl (C=O) groups is 3. The number of aromatic hydroxyl groups is 1. The quantitative estimate of drug-likeness (QED) is 0.277. The fourth-order valence-electron chi connectivity index (χ4n) is 8.14. The number of fused-ring (bicyclic) bond motifs is 3. The van der Waals surface area contributed by atoms with Gasteiger partial charge in [0.15, 0.2) is 11.4 Å². The summed E-state index contributed by atoms with van der Waals surface area (Å²) in [7, 11) is 3.21. The van der Waals surface area contributed by atoms with Crippen LogP contribution in [0.2, 0.25) is 5.02 Å². The first-order valence-electron chi connectivity index (χ1n) is 15.2. The number of hydrogen-bond acceptors (Lipinski definition) is 9. The van der Waals surface area contributed by atoms with Gasteiger partial charge in [0.05, 0.1) is 11.6 Å². The highest BCUT2D eigenvalue weighted by Crippen LogP contribution is 2.53. The number of benzene rings is 1. The molecule has 1 aromatic rings. The van der Waals surface area contributed by atoms with Crippen LogP contribution < -0.4 is 5.73 Å². The third kappa shape index (κ3) is 4.87. The molecule has 232 valence electrons. The van der Waals surface area contributed by atoms with E-state index in [2.05, 4.69) is 4.90 Å². The van der Waals surface area contributed by atoms with E-state index in [4.69, 9.17) is 17.3 Å². The van der Waals surface area contributed by atoms with Crippen LogP contribution in [0.4, 0.5) is 0 Å². The van der Waals surface area contributed by atoms with Gasteiger partial charge < -0.3 is 26.2 Å². The van der Waals surface area contributed by atoms with Crippen LogP contribution >= 0.6 is 11.6 Å². The average Bonchev–Trinajstić information content (AvgIpc) is 3.59.